The fraction of sp³-hybridized carbons (Fsp3) is 0.316. The van der Waals surface area contributed by atoms with Crippen molar-refractivity contribution in [3.05, 3.63) is 59.2 Å². The van der Waals surface area contributed by atoms with E-state index in [1.807, 2.05) is 44.2 Å². The molecule has 2 aromatic rings. The zero-order chi connectivity index (χ0) is 16.8. The number of hydrogen-bond donors (Lipinski definition) is 2. The third kappa shape index (κ3) is 5.33. The van der Waals surface area contributed by atoms with E-state index >= 15 is 0 Å². The first-order valence-electron chi connectivity index (χ1n) is 7.81. The first kappa shape index (κ1) is 16.9. The molecule has 0 heterocycles. The van der Waals surface area contributed by atoms with Crippen molar-refractivity contribution < 1.29 is 4.74 Å². The predicted octanol–water partition coefficient (Wildman–Crippen LogP) is 3.81. The molecule has 0 radical (unpaired) electrons. The topological polar surface area (TPSA) is 59.6 Å². The third-order valence-corrected chi connectivity index (χ3v) is 3.62. The zero-order valence-corrected chi connectivity index (χ0v) is 14.3. The number of rotatable bonds is 5. The van der Waals surface area contributed by atoms with Crippen LogP contribution in [0.2, 0.25) is 0 Å². The molecule has 0 aliphatic rings. The number of nitrogens with one attached hydrogen (secondary N) is 1. The Hall–Kier alpha value is -2.49. The number of nitrogens with zero attached hydrogens (tertiary/aromatic N) is 1. The molecular formula is C19H25N3O. The van der Waals surface area contributed by atoms with Crippen LogP contribution in [-0.4, -0.2) is 18.6 Å². The highest BCUT2D eigenvalue weighted by molar-refractivity contribution is 5.92. The molecule has 23 heavy (non-hydrogen) atoms. The summed E-state index contributed by atoms with van der Waals surface area (Å²) in [5.74, 6) is 1.25. The molecule has 0 aliphatic carbocycles. The van der Waals surface area contributed by atoms with Crippen molar-refractivity contribution in [2.24, 2.45) is 10.7 Å². The van der Waals surface area contributed by atoms with Gasteiger partial charge in [-0.3, -0.25) is 0 Å². The molecule has 0 fully saturated rings. The highest BCUT2D eigenvalue weighted by Gasteiger charge is 2.04. The smallest absolute Gasteiger partial charge is 0.193 e. The largest absolute Gasteiger partial charge is 0.489 e. The average Bonchev–Trinajstić information content (AvgIpc) is 2.49. The number of benzene rings is 2. The molecule has 0 aliphatic heterocycles. The molecule has 0 bridgehead atoms. The number of nitrogens with two attached hydrogens (primary N) is 1. The van der Waals surface area contributed by atoms with E-state index < -0.39 is 0 Å². The Kier molecular flexibility index (Phi) is 5.63. The lowest BCUT2D eigenvalue weighted by Gasteiger charge is -2.14. The quantitative estimate of drug-likeness (QED) is 0.652. The molecule has 0 saturated heterocycles. The lowest BCUT2D eigenvalue weighted by atomic mass is 10.1. The minimum absolute atomic E-state index is 0.0445. The summed E-state index contributed by atoms with van der Waals surface area (Å²) in [5.41, 5.74) is 10.5. The van der Waals surface area contributed by atoms with Gasteiger partial charge in [-0.25, -0.2) is 4.99 Å². The Morgan fingerprint density at radius 2 is 1.91 bits per heavy atom. The summed E-state index contributed by atoms with van der Waals surface area (Å²) in [7, 11) is 0. The van der Waals surface area contributed by atoms with Gasteiger partial charge in [-0.2, -0.15) is 0 Å². The van der Waals surface area contributed by atoms with Crippen molar-refractivity contribution in [2.75, 3.05) is 11.9 Å². The second-order valence-corrected chi connectivity index (χ2v) is 5.89. The Bertz CT molecular complexity index is 695. The van der Waals surface area contributed by atoms with Crippen molar-refractivity contribution in [1.82, 2.24) is 0 Å². The minimum atomic E-state index is -0.0445. The summed E-state index contributed by atoms with van der Waals surface area (Å²) in [5, 5.41) is 3.11. The van der Waals surface area contributed by atoms with Crippen LogP contribution in [-0.2, 0) is 0 Å². The van der Waals surface area contributed by atoms with Crippen molar-refractivity contribution in [2.45, 2.75) is 33.8 Å². The first-order valence-corrected chi connectivity index (χ1v) is 7.81. The van der Waals surface area contributed by atoms with Gasteiger partial charge >= 0.3 is 0 Å². The van der Waals surface area contributed by atoms with Gasteiger partial charge in [0, 0.05) is 5.69 Å². The zero-order valence-electron chi connectivity index (χ0n) is 14.3. The number of guanidine groups is 1. The standard InChI is InChI=1S/C19H25N3O/c1-13-6-5-7-18(10-13)23-16(4)12-21-19(20)22-17-9-8-14(2)15(3)11-17/h5-11,16H,12H2,1-4H3,(H3,20,21,22). The van der Waals surface area contributed by atoms with E-state index in [0.717, 1.165) is 11.4 Å². The molecular weight excluding hydrogens is 286 g/mol. The summed E-state index contributed by atoms with van der Waals surface area (Å²) >= 11 is 0. The molecule has 2 aromatic carbocycles. The van der Waals surface area contributed by atoms with E-state index in [9.17, 15) is 0 Å². The van der Waals surface area contributed by atoms with Gasteiger partial charge in [0.2, 0.25) is 0 Å². The van der Waals surface area contributed by atoms with Crippen LogP contribution in [0.1, 0.15) is 23.6 Å². The van der Waals surface area contributed by atoms with Crippen LogP contribution in [0, 0.1) is 20.8 Å². The molecule has 2 rings (SSSR count). The minimum Gasteiger partial charge on any atom is -0.489 e. The maximum atomic E-state index is 5.94. The summed E-state index contributed by atoms with van der Waals surface area (Å²) in [4.78, 5) is 4.35. The van der Waals surface area contributed by atoms with Gasteiger partial charge in [-0.1, -0.05) is 18.2 Å². The summed E-state index contributed by atoms with van der Waals surface area (Å²) < 4.78 is 5.84. The van der Waals surface area contributed by atoms with Crippen LogP contribution in [0.4, 0.5) is 5.69 Å². The number of aryl methyl sites for hydroxylation is 3. The lowest BCUT2D eigenvalue weighted by Crippen LogP contribution is -2.25. The molecule has 0 saturated carbocycles. The van der Waals surface area contributed by atoms with Gasteiger partial charge in [0.15, 0.2) is 5.96 Å². The van der Waals surface area contributed by atoms with Crippen LogP contribution in [0.5, 0.6) is 5.75 Å². The molecule has 122 valence electrons. The third-order valence-electron chi connectivity index (χ3n) is 3.62. The van der Waals surface area contributed by atoms with Crippen LogP contribution in [0.15, 0.2) is 47.5 Å². The summed E-state index contributed by atoms with van der Waals surface area (Å²) in [6, 6.07) is 14.1. The number of anilines is 1. The summed E-state index contributed by atoms with van der Waals surface area (Å²) in [6.07, 6.45) is -0.0445. The average molecular weight is 311 g/mol. The lowest BCUT2D eigenvalue weighted by molar-refractivity contribution is 0.230. The second kappa shape index (κ2) is 7.68. The number of aliphatic imine (C=N–C) groups is 1. The fourth-order valence-electron chi connectivity index (χ4n) is 2.19. The Labute approximate surface area is 138 Å². The van der Waals surface area contributed by atoms with Crippen molar-refractivity contribution in [3.63, 3.8) is 0 Å². The van der Waals surface area contributed by atoms with E-state index in [4.69, 9.17) is 10.5 Å². The van der Waals surface area contributed by atoms with Crippen LogP contribution in [0.25, 0.3) is 0 Å². The highest BCUT2D eigenvalue weighted by atomic mass is 16.5. The second-order valence-electron chi connectivity index (χ2n) is 5.89. The first-order chi connectivity index (χ1) is 10.9. The highest BCUT2D eigenvalue weighted by Crippen LogP contribution is 2.15. The van der Waals surface area contributed by atoms with Crippen LogP contribution >= 0.6 is 0 Å². The van der Waals surface area contributed by atoms with Crippen LogP contribution in [0.3, 0.4) is 0 Å². The monoisotopic (exact) mass is 311 g/mol. The maximum absolute atomic E-state index is 5.94. The predicted molar refractivity (Wildman–Crippen MR) is 97.3 cm³/mol. The molecule has 1 unspecified atom stereocenters. The van der Waals surface area contributed by atoms with Crippen LogP contribution < -0.4 is 15.8 Å². The molecule has 0 aromatic heterocycles. The number of ether oxygens (including phenoxy) is 1. The van der Waals surface area contributed by atoms with Crippen molar-refractivity contribution >= 4 is 11.6 Å². The fourth-order valence-corrected chi connectivity index (χ4v) is 2.19. The van der Waals surface area contributed by atoms with E-state index in [0.29, 0.717) is 12.5 Å². The Morgan fingerprint density at radius 1 is 1.13 bits per heavy atom. The molecule has 3 N–H and O–H groups in total. The van der Waals surface area contributed by atoms with Gasteiger partial charge in [0.1, 0.15) is 11.9 Å². The van der Waals surface area contributed by atoms with Crippen molar-refractivity contribution in [3.8, 4) is 5.75 Å². The van der Waals surface area contributed by atoms with E-state index in [-0.39, 0.29) is 6.10 Å². The van der Waals surface area contributed by atoms with Gasteiger partial charge in [-0.05, 0) is 68.7 Å². The molecule has 4 heteroatoms. The van der Waals surface area contributed by atoms with Gasteiger partial charge in [0.25, 0.3) is 0 Å². The molecule has 0 spiro atoms. The van der Waals surface area contributed by atoms with Gasteiger partial charge in [-0.15, -0.1) is 0 Å². The van der Waals surface area contributed by atoms with Gasteiger partial charge < -0.3 is 15.8 Å². The Balaban J connectivity index is 1.89. The van der Waals surface area contributed by atoms with E-state index in [2.05, 4.69) is 36.3 Å². The van der Waals surface area contributed by atoms with Gasteiger partial charge in [0.05, 0.1) is 6.54 Å². The Morgan fingerprint density at radius 3 is 2.61 bits per heavy atom. The van der Waals surface area contributed by atoms with Crippen molar-refractivity contribution in [1.29, 1.82) is 0 Å². The maximum Gasteiger partial charge on any atom is 0.193 e. The molecule has 1 atom stereocenters. The van der Waals surface area contributed by atoms with E-state index in [1.54, 1.807) is 0 Å². The molecule has 4 nitrogen and oxygen atoms in total. The SMILES string of the molecule is Cc1cccc(OC(C)CN=C(N)Nc2ccc(C)c(C)c2)c1. The molecule has 0 amide bonds. The summed E-state index contributed by atoms with van der Waals surface area (Å²) in [6.45, 7) is 8.68. The number of hydrogen-bond acceptors (Lipinski definition) is 2. The normalized spacial score (nSPS) is 12.8. The van der Waals surface area contributed by atoms with E-state index in [1.165, 1.54) is 16.7 Å².